The molecule has 0 unspecified atom stereocenters. The number of aryl methyl sites for hydroxylation is 1. The van der Waals surface area contributed by atoms with E-state index in [9.17, 15) is 13.2 Å². The predicted octanol–water partition coefficient (Wildman–Crippen LogP) is 5.44. The molecular formula is C30H30N2O4S. The maximum Gasteiger partial charge on any atom is 0.251 e. The molecule has 4 rings (SSSR count). The first-order chi connectivity index (χ1) is 17.8. The highest BCUT2D eigenvalue weighted by atomic mass is 32.2. The standard InChI is InChI=1S/C30H30N2O4S/c1-23-10-6-9-15-29(23)36-21-20-31-30(33)26-18-16-24(17-19-26)22-32(37(2,34)35)28-14-8-7-13-27(28)25-11-4-3-5-12-25/h3-19H,20-22H2,1-2H3,(H,31,33). The average Bonchev–Trinajstić information content (AvgIpc) is 2.91. The SMILES string of the molecule is Cc1ccccc1OCCNC(=O)c1ccc(CN(c2ccccc2-c2ccccc2)S(C)(=O)=O)cc1. The van der Waals surface area contributed by atoms with Crippen LogP contribution in [0.5, 0.6) is 5.75 Å². The molecule has 0 aliphatic rings. The van der Waals surface area contributed by atoms with Crippen LogP contribution in [-0.2, 0) is 16.6 Å². The van der Waals surface area contributed by atoms with Gasteiger partial charge in [-0.2, -0.15) is 0 Å². The summed E-state index contributed by atoms with van der Waals surface area (Å²) in [5.41, 5.74) is 4.68. The fourth-order valence-electron chi connectivity index (χ4n) is 4.01. The van der Waals surface area contributed by atoms with Gasteiger partial charge in [0.1, 0.15) is 12.4 Å². The summed E-state index contributed by atoms with van der Waals surface area (Å²) in [7, 11) is -3.57. The number of hydrogen-bond donors (Lipinski definition) is 1. The molecule has 0 atom stereocenters. The lowest BCUT2D eigenvalue weighted by Gasteiger charge is -2.25. The molecule has 0 saturated carbocycles. The van der Waals surface area contributed by atoms with Crippen LogP contribution in [0.2, 0.25) is 0 Å². The Morgan fingerprint density at radius 1 is 0.838 bits per heavy atom. The van der Waals surface area contributed by atoms with Crippen molar-refractivity contribution in [2.24, 2.45) is 0 Å². The molecule has 0 aromatic heterocycles. The van der Waals surface area contributed by atoms with Gasteiger partial charge < -0.3 is 10.1 Å². The lowest BCUT2D eigenvalue weighted by atomic mass is 10.0. The van der Waals surface area contributed by atoms with E-state index in [1.165, 1.54) is 10.6 Å². The number of nitrogens with one attached hydrogen (secondary N) is 1. The van der Waals surface area contributed by atoms with Gasteiger partial charge in [0.15, 0.2) is 0 Å². The molecule has 0 heterocycles. The van der Waals surface area contributed by atoms with E-state index in [2.05, 4.69) is 5.32 Å². The number of sulfonamides is 1. The Labute approximate surface area is 218 Å². The first-order valence-electron chi connectivity index (χ1n) is 12.0. The van der Waals surface area contributed by atoms with Crippen LogP contribution in [0, 0.1) is 6.92 Å². The van der Waals surface area contributed by atoms with Gasteiger partial charge in [0, 0.05) is 11.1 Å². The van der Waals surface area contributed by atoms with Crippen molar-refractivity contribution >= 4 is 21.6 Å². The molecule has 37 heavy (non-hydrogen) atoms. The number of carbonyl (C=O) groups excluding carboxylic acids is 1. The molecule has 4 aromatic carbocycles. The number of carbonyl (C=O) groups is 1. The summed E-state index contributed by atoms with van der Waals surface area (Å²) in [5.74, 6) is 0.583. The molecule has 6 nitrogen and oxygen atoms in total. The van der Waals surface area contributed by atoms with E-state index in [0.29, 0.717) is 24.4 Å². The maximum atomic E-state index is 12.8. The third kappa shape index (κ3) is 6.77. The van der Waals surface area contributed by atoms with E-state index in [0.717, 1.165) is 28.0 Å². The molecule has 1 N–H and O–H groups in total. The largest absolute Gasteiger partial charge is 0.491 e. The molecule has 0 aliphatic carbocycles. The van der Waals surface area contributed by atoms with Gasteiger partial charge in [0.05, 0.1) is 25.0 Å². The Hall–Kier alpha value is -4.10. The highest BCUT2D eigenvalue weighted by Crippen LogP contribution is 2.33. The predicted molar refractivity (Wildman–Crippen MR) is 148 cm³/mol. The highest BCUT2D eigenvalue weighted by molar-refractivity contribution is 7.92. The summed E-state index contributed by atoms with van der Waals surface area (Å²) in [4.78, 5) is 12.6. The molecule has 190 valence electrons. The minimum absolute atomic E-state index is 0.148. The van der Waals surface area contributed by atoms with Crippen LogP contribution < -0.4 is 14.4 Å². The molecule has 0 radical (unpaired) electrons. The van der Waals surface area contributed by atoms with Crippen LogP contribution in [0.4, 0.5) is 5.69 Å². The fraction of sp³-hybridized carbons (Fsp3) is 0.167. The quantitative estimate of drug-likeness (QED) is 0.286. The zero-order chi connectivity index (χ0) is 26.3. The smallest absolute Gasteiger partial charge is 0.251 e. The van der Waals surface area contributed by atoms with Crippen molar-refractivity contribution in [3.05, 3.63) is 120 Å². The van der Waals surface area contributed by atoms with Gasteiger partial charge in [-0.15, -0.1) is 0 Å². The molecular weight excluding hydrogens is 484 g/mol. The summed E-state index contributed by atoms with van der Waals surface area (Å²) in [6.07, 6.45) is 1.20. The van der Waals surface area contributed by atoms with Crippen LogP contribution in [-0.4, -0.2) is 33.7 Å². The average molecular weight is 515 g/mol. The van der Waals surface area contributed by atoms with Crippen LogP contribution in [0.25, 0.3) is 11.1 Å². The van der Waals surface area contributed by atoms with Gasteiger partial charge in [-0.25, -0.2) is 8.42 Å². The van der Waals surface area contributed by atoms with Crippen LogP contribution in [0.1, 0.15) is 21.5 Å². The molecule has 7 heteroatoms. The molecule has 4 aromatic rings. The summed E-state index contributed by atoms with van der Waals surface area (Å²) in [6.45, 7) is 2.85. The lowest BCUT2D eigenvalue weighted by Crippen LogP contribution is -2.30. The van der Waals surface area contributed by atoms with Crippen molar-refractivity contribution in [2.75, 3.05) is 23.7 Å². The second-order valence-corrected chi connectivity index (χ2v) is 10.6. The topological polar surface area (TPSA) is 75.7 Å². The van der Waals surface area contributed by atoms with E-state index in [4.69, 9.17) is 4.74 Å². The van der Waals surface area contributed by atoms with Crippen molar-refractivity contribution < 1.29 is 17.9 Å². The number of hydrogen-bond acceptors (Lipinski definition) is 4. The second-order valence-electron chi connectivity index (χ2n) is 8.72. The Kier molecular flexibility index (Phi) is 8.25. The molecule has 1 amide bonds. The van der Waals surface area contributed by atoms with Gasteiger partial charge >= 0.3 is 0 Å². The Bertz CT molecular complexity index is 1450. The molecule has 0 bridgehead atoms. The summed E-state index contributed by atoms with van der Waals surface area (Å²) in [6, 6.07) is 31.8. The van der Waals surface area contributed by atoms with Gasteiger partial charge in [-0.1, -0.05) is 78.9 Å². The number of anilines is 1. The molecule has 0 saturated heterocycles. The third-order valence-electron chi connectivity index (χ3n) is 5.94. The van der Waals surface area contributed by atoms with Crippen LogP contribution in [0.3, 0.4) is 0 Å². The Morgan fingerprint density at radius 2 is 1.49 bits per heavy atom. The fourth-order valence-corrected chi connectivity index (χ4v) is 4.91. The first kappa shape index (κ1) is 26.0. The summed E-state index contributed by atoms with van der Waals surface area (Å²) >= 11 is 0. The van der Waals surface area contributed by atoms with Crippen molar-refractivity contribution in [3.8, 4) is 16.9 Å². The number of ether oxygens (including phenoxy) is 1. The van der Waals surface area contributed by atoms with Gasteiger partial charge in [-0.3, -0.25) is 9.10 Å². The number of nitrogens with zero attached hydrogens (tertiary/aromatic N) is 1. The van der Waals surface area contributed by atoms with Crippen LogP contribution in [0.15, 0.2) is 103 Å². The van der Waals surface area contributed by atoms with Gasteiger partial charge in [-0.05, 0) is 47.9 Å². The maximum absolute atomic E-state index is 12.8. The summed E-state index contributed by atoms with van der Waals surface area (Å²) < 4.78 is 32.8. The van der Waals surface area contributed by atoms with Crippen molar-refractivity contribution in [1.29, 1.82) is 0 Å². The van der Waals surface area contributed by atoms with E-state index >= 15 is 0 Å². The number of benzene rings is 4. The number of para-hydroxylation sites is 2. The Balaban J connectivity index is 1.43. The summed E-state index contributed by atoms with van der Waals surface area (Å²) in [5, 5.41) is 2.85. The molecule has 0 spiro atoms. The lowest BCUT2D eigenvalue weighted by molar-refractivity contribution is 0.0947. The molecule has 0 fully saturated rings. The van der Waals surface area contributed by atoms with Gasteiger partial charge in [0.25, 0.3) is 5.91 Å². The van der Waals surface area contributed by atoms with E-state index in [1.54, 1.807) is 24.3 Å². The van der Waals surface area contributed by atoms with E-state index in [-0.39, 0.29) is 12.5 Å². The number of rotatable bonds is 10. The Morgan fingerprint density at radius 3 is 2.19 bits per heavy atom. The normalized spacial score (nSPS) is 11.1. The van der Waals surface area contributed by atoms with Gasteiger partial charge in [0.2, 0.25) is 10.0 Å². The molecule has 0 aliphatic heterocycles. The highest BCUT2D eigenvalue weighted by Gasteiger charge is 2.21. The van der Waals surface area contributed by atoms with Crippen molar-refractivity contribution in [3.63, 3.8) is 0 Å². The van der Waals surface area contributed by atoms with E-state index in [1.807, 2.05) is 85.8 Å². The zero-order valence-electron chi connectivity index (χ0n) is 20.9. The third-order valence-corrected chi connectivity index (χ3v) is 7.07. The number of amides is 1. The monoisotopic (exact) mass is 514 g/mol. The minimum atomic E-state index is -3.57. The second kappa shape index (κ2) is 11.8. The van der Waals surface area contributed by atoms with Crippen LogP contribution >= 0.6 is 0 Å². The first-order valence-corrected chi connectivity index (χ1v) is 13.9. The van der Waals surface area contributed by atoms with Crippen molar-refractivity contribution in [1.82, 2.24) is 5.32 Å². The van der Waals surface area contributed by atoms with Crippen molar-refractivity contribution in [2.45, 2.75) is 13.5 Å². The zero-order valence-corrected chi connectivity index (χ0v) is 21.7. The minimum Gasteiger partial charge on any atom is -0.491 e. The van der Waals surface area contributed by atoms with E-state index < -0.39 is 10.0 Å².